The fraction of sp³-hybridized carbons (Fsp3) is 0.933. The zero-order chi connectivity index (χ0) is 14.4. The van der Waals surface area contributed by atoms with Gasteiger partial charge in [0.25, 0.3) is 0 Å². The van der Waals surface area contributed by atoms with Crippen LogP contribution in [0.25, 0.3) is 0 Å². The molecular formula is C15H31N3O. The molecule has 2 N–H and O–H groups in total. The molecule has 0 atom stereocenters. The summed E-state index contributed by atoms with van der Waals surface area (Å²) in [6.07, 6.45) is 1.89. The molecule has 0 aromatic carbocycles. The lowest BCUT2D eigenvalue weighted by Crippen LogP contribution is -2.47. The molecule has 1 fully saturated rings. The van der Waals surface area contributed by atoms with E-state index >= 15 is 0 Å². The van der Waals surface area contributed by atoms with Gasteiger partial charge >= 0.3 is 0 Å². The number of hydrogen-bond acceptors (Lipinski definition) is 3. The van der Waals surface area contributed by atoms with Crippen molar-refractivity contribution < 1.29 is 4.79 Å². The summed E-state index contributed by atoms with van der Waals surface area (Å²) >= 11 is 0. The Kier molecular flexibility index (Phi) is 6.80. The highest BCUT2D eigenvalue weighted by Crippen LogP contribution is 2.10. The predicted octanol–water partition coefficient (Wildman–Crippen LogP) is 1.55. The monoisotopic (exact) mass is 269 g/mol. The molecule has 4 nitrogen and oxygen atoms in total. The van der Waals surface area contributed by atoms with Gasteiger partial charge < -0.3 is 10.6 Å². The van der Waals surface area contributed by atoms with Crippen molar-refractivity contribution in [2.75, 3.05) is 32.7 Å². The fourth-order valence-corrected chi connectivity index (χ4v) is 2.68. The molecule has 0 radical (unpaired) electrons. The zero-order valence-electron chi connectivity index (χ0n) is 13.1. The van der Waals surface area contributed by atoms with E-state index in [0.29, 0.717) is 18.4 Å². The first-order valence-corrected chi connectivity index (χ1v) is 7.64. The molecule has 0 aromatic rings. The molecule has 0 aliphatic carbocycles. The SMILES string of the molecule is CC(C)CN(CC(=O)N1CCC(N)CC1)CC(C)C. The summed E-state index contributed by atoms with van der Waals surface area (Å²) in [7, 11) is 0. The molecular weight excluding hydrogens is 238 g/mol. The molecule has 0 saturated carbocycles. The van der Waals surface area contributed by atoms with E-state index in [1.807, 2.05) is 4.90 Å². The minimum absolute atomic E-state index is 0.271. The lowest BCUT2D eigenvalue weighted by molar-refractivity contribution is -0.133. The standard InChI is InChI=1S/C15H31N3O/c1-12(2)9-17(10-13(3)4)11-15(19)18-7-5-14(16)6-8-18/h12-14H,5-11,16H2,1-4H3. The molecule has 112 valence electrons. The quantitative estimate of drug-likeness (QED) is 0.796. The zero-order valence-corrected chi connectivity index (χ0v) is 13.1. The first-order chi connectivity index (χ1) is 8.88. The van der Waals surface area contributed by atoms with Crippen LogP contribution in [0.3, 0.4) is 0 Å². The van der Waals surface area contributed by atoms with Crippen LogP contribution in [0.1, 0.15) is 40.5 Å². The van der Waals surface area contributed by atoms with Crippen molar-refractivity contribution in [2.45, 2.75) is 46.6 Å². The highest BCUT2D eigenvalue weighted by Gasteiger charge is 2.22. The van der Waals surface area contributed by atoms with E-state index in [0.717, 1.165) is 39.0 Å². The minimum Gasteiger partial charge on any atom is -0.341 e. The largest absolute Gasteiger partial charge is 0.341 e. The van der Waals surface area contributed by atoms with Crippen LogP contribution in [0.4, 0.5) is 0 Å². The molecule has 19 heavy (non-hydrogen) atoms. The van der Waals surface area contributed by atoms with E-state index in [1.165, 1.54) is 0 Å². The average molecular weight is 269 g/mol. The van der Waals surface area contributed by atoms with Crippen molar-refractivity contribution in [3.63, 3.8) is 0 Å². The number of rotatable bonds is 6. The normalized spacial score (nSPS) is 17.8. The number of nitrogens with two attached hydrogens (primary N) is 1. The van der Waals surface area contributed by atoms with Crippen molar-refractivity contribution >= 4 is 5.91 Å². The lowest BCUT2D eigenvalue weighted by atomic mass is 10.1. The Hall–Kier alpha value is -0.610. The van der Waals surface area contributed by atoms with E-state index in [2.05, 4.69) is 32.6 Å². The Balaban J connectivity index is 2.45. The predicted molar refractivity (Wildman–Crippen MR) is 79.9 cm³/mol. The number of nitrogens with zero attached hydrogens (tertiary/aromatic N) is 2. The van der Waals surface area contributed by atoms with Crippen molar-refractivity contribution in [2.24, 2.45) is 17.6 Å². The third-order valence-electron chi connectivity index (χ3n) is 3.50. The van der Waals surface area contributed by atoms with E-state index < -0.39 is 0 Å². The summed E-state index contributed by atoms with van der Waals surface area (Å²) in [5.74, 6) is 1.47. The molecule has 1 amide bonds. The molecule has 1 aliphatic rings. The van der Waals surface area contributed by atoms with Crippen LogP contribution in [0.2, 0.25) is 0 Å². The first-order valence-electron chi connectivity index (χ1n) is 7.64. The molecule has 0 aromatic heterocycles. The van der Waals surface area contributed by atoms with E-state index in [9.17, 15) is 4.79 Å². The van der Waals surface area contributed by atoms with Gasteiger partial charge in [-0.25, -0.2) is 0 Å². The average Bonchev–Trinajstić information content (AvgIpc) is 2.27. The topological polar surface area (TPSA) is 49.6 Å². The van der Waals surface area contributed by atoms with Gasteiger partial charge in [-0.2, -0.15) is 0 Å². The van der Waals surface area contributed by atoms with Crippen LogP contribution < -0.4 is 5.73 Å². The smallest absolute Gasteiger partial charge is 0.236 e. The second-order valence-electron chi connectivity index (χ2n) is 6.70. The van der Waals surface area contributed by atoms with Gasteiger partial charge in [-0.3, -0.25) is 9.69 Å². The molecule has 1 aliphatic heterocycles. The molecule has 0 unspecified atom stereocenters. The Morgan fingerprint density at radius 2 is 1.63 bits per heavy atom. The number of likely N-dealkylation sites (tertiary alicyclic amines) is 1. The van der Waals surface area contributed by atoms with Gasteiger partial charge in [0, 0.05) is 32.2 Å². The Morgan fingerprint density at radius 1 is 1.16 bits per heavy atom. The summed E-state index contributed by atoms with van der Waals surface area (Å²) in [5.41, 5.74) is 5.88. The molecule has 1 saturated heterocycles. The van der Waals surface area contributed by atoms with Gasteiger partial charge in [-0.05, 0) is 24.7 Å². The molecule has 0 spiro atoms. The summed E-state index contributed by atoms with van der Waals surface area (Å²) in [4.78, 5) is 16.6. The Bertz CT molecular complexity index is 261. The van der Waals surface area contributed by atoms with Gasteiger partial charge in [0.2, 0.25) is 5.91 Å². The number of hydrogen-bond donors (Lipinski definition) is 1. The molecule has 0 bridgehead atoms. The van der Waals surface area contributed by atoms with E-state index in [4.69, 9.17) is 5.73 Å². The summed E-state index contributed by atoms with van der Waals surface area (Å²) in [6, 6.07) is 0.284. The van der Waals surface area contributed by atoms with Crippen LogP contribution in [-0.4, -0.2) is 54.5 Å². The maximum Gasteiger partial charge on any atom is 0.236 e. The van der Waals surface area contributed by atoms with Crippen LogP contribution in [0.5, 0.6) is 0 Å². The van der Waals surface area contributed by atoms with Crippen molar-refractivity contribution in [3.05, 3.63) is 0 Å². The van der Waals surface area contributed by atoms with Crippen LogP contribution in [-0.2, 0) is 4.79 Å². The van der Waals surface area contributed by atoms with Crippen LogP contribution >= 0.6 is 0 Å². The summed E-state index contributed by atoms with van der Waals surface area (Å²) in [6.45, 7) is 13.0. The number of carbonyl (C=O) groups is 1. The fourth-order valence-electron chi connectivity index (χ4n) is 2.68. The number of carbonyl (C=O) groups excluding carboxylic acids is 1. The van der Waals surface area contributed by atoms with Crippen molar-refractivity contribution in [1.29, 1.82) is 0 Å². The van der Waals surface area contributed by atoms with Crippen LogP contribution in [0.15, 0.2) is 0 Å². The Morgan fingerprint density at radius 3 is 2.05 bits per heavy atom. The van der Waals surface area contributed by atoms with Gasteiger partial charge in [-0.15, -0.1) is 0 Å². The maximum atomic E-state index is 12.3. The van der Waals surface area contributed by atoms with Gasteiger partial charge in [0.05, 0.1) is 6.54 Å². The molecule has 1 heterocycles. The molecule has 4 heteroatoms. The van der Waals surface area contributed by atoms with E-state index in [1.54, 1.807) is 0 Å². The van der Waals surface area contributed by atoms with Crippen LogP contribution in [0, 0.1) is 11.8 Å². The first kappa shape index (κ1) is 16.4. The second kappa shape index (κ2) is 7.85. The third-order valence-corrected chi connectivity index (χ3v) is 3.50. The van der Waals surface area contributed by atoms with Gasteiger partial charge in [0.1, 0.15) is 0 Å². The minimum atomic E-state index is 0.271. The maximum absolute atomic E-state index is 12.3. The summed E-state index contributed by atoms with van der Waals surface area (Å²) < 4.78 is 0. The highest BCUT2D eigenvalue weighted by atomic mass is 16.2. The van der Waals surface area contributed by atoms with Gasteiger partial charge in [-0.1, -0.05) is 27.7 Å². The number of piperidine rings is 1. The Labute approximate surface area is 118 Å². The number of amides is 1. The lowest BCUT2D eigenvalue weighted by Gasteiger charge is -2.33. The van der Waals surface area contributed by atoms with Crippen molar-refractivity contribution in [1.82, 2.24) is 9.80 Å². The second-order valence-corrected chi connectivity index (χ2v) is 6.70. The third kappa shape index (κ3) is 6.39. The molecule has 1 rings (SSSR count). The van der Waals surface area contributed by atoms with Crippen molar-refractivity contribution in [3.8, 4) is 0 Å². The van der Waals surface area contributed by atoms with E-state index in [-0.39, 0.29) is 11.9 Å². The summed E-state index contributed by atoms with van der Waals surface area (Å²) in [5, 5.41) is 0. The highest BCUT2D eigenvalue weighted by molar-refractivity contribution is 5.78. The van der Waals surface area contributed by atoms with Gasteiger partial charge in [0.15, 0.2) is 0 Å².